The summed E-state index contributed by atoms with van der Waals surface area (Å²) in [6.45, 7) is 0.0856. The number of aryl methyl sites for hydroxylation is 2. The standard InChI is InChI=1S/C21H18ClFN2O4S2/c22-18-10-16-4-3-15-5-6-17(23)11-19(15)30(26,27)20(16)12-21(18)31(28,29)25-9-7-14-2-1-8-24-13-14/h1-2,5-6,8,10-13,25H,3-4,7,9H2. The lowest BCUT2D eigenvalue weighted by Gasteiger charge is -2.13. The second-order valence-electron chi connectivity index (χ2n) is 7.15. The first-order valence-electron chi connectivity index (χ1n) is 9.43. The molecule has 0 spiro atoms. The third kappa shape index (κ3) is 4.36. The lowest BCUT2D eigenvalue weighted by atomic mass is 10.0. The number of aromatic nitrogens is 1. The van der Waals surface area contributed by atoms with Gasteiger partial charge in [0.25, 0.3) is 0 Å². The van der Waals surface area contributed by atoms with Crippen molar-refractivity contribution in [3.8, 4) is 0 Å². The zero-order chi connectivity index (χ0) is 22.2. The molecule has 0 atom stereocenters. The van der Waals surface area contributed by atoms with Crippen LogP contribution in [-0.2, 0) is 39.1 Å². The van der Waals surface area contributed by atoms with Crippen molar-refractivity contribution in [3.63, 3.8) is 0 Å². The first kappa shape index (κ1) is 21.9. The summed E-state index contributed by atoms with van der Waals surface area (Å²) in [4.78, 5) is 3.32. The van der Waals surface area contributed by atoms with Gasteiger partial charge in [-0.05, 0) is 66.3 Å². The summed E-state index contributed by atoms with van der Waals surface area (Å²) in [5.41, 5.74) is 1.73. The fourth-order valence-electron chi connectivity index (χ4n) is 3.55. The Morgan fingerprint density at radius 3 is 2.55 bits per heavy atom. The monoisotopic (exact) mass is 480 g/mol. The van der Waals surface area contributed by atoms with E-state index in [9.17, 15) is 21.2 Å². The van der Waals surface area contributed by atoms with E-state index in [4.69, 9.17) is 11.6 Å². The van der Waals surface area contributed by atoms with Crippen LogP contribution in [0.15, 0.2) is 69.5 Å². The van der Waals surface area contributed by atoms with Gasteiger partial charge in [0.05, 0.1) is 14.8 Å². The van der Waals surface area contributed by atoms with Gasteiger partial charge in [-0.2, -0.15) is 0 Å². The molecule has 1 aliphatic rings. The minimum absolute atomic E-state index is 0.0695. The molecule has 2 aromatic carbocycles. The highest BCUT2D eigenvalue weighted by atomic mass is 35.5. The molecule has 0 radical (unpaired) electrons. The van der Waals surface area contributed by atoms with E-state index in [1.807, 2.05) is 6.07 Å². The van der Waals surface area contributed by atoms with Crippen LogP contribution in [0.3, 0.4) is 0 Å². The van der Waals surface area contributed by atoms with Gasteiger partial charge >= 0.3 is 0 Å². The van der Waals surface area contributed by atoms with Crippen molar-refractivity contribution in [2.75, 3.05) is 6.54 Å². The normalized spacial score (nSPS) is 15.0. The van der Waals surface area contributed by atoms with Gasteiger partial charge in [0.2, 0.25) is 19.9 Å². The molecule has 0 aliphatic carbocycles. The molecule has 10 heteroatoms. The van der Waals surface area contributed by atoms with Gasteiger partial charge in [0, 0.05) is 18.9 Å². The lowest BCUT2D eigenvalue weighted by Crippen LogP contribution is -2.26. The third-order valence-corrected chi connectivity index (χ3v) is 8.95. The van der Waals surface area contributed by atoms with Crippen molar-refractivity contribution in [1.29, 1.82) is 0 Å². The van der Waals surface area contributed by atoms with Gasteiger partial charge < -0.3 is 0 Å². The molecule has 3 aromatic rings. The average Bonchev–Trinajstić information content (AvgIpc) is 2.82. The second kappa shape index (κ2) is 8.31. The zero-order valence-electron chi connectivity index (χ0n) is 16.2. The topological polar surface area (TPSA) is 93.2 Å². The fourth-order valence-corrected chi connectivity index (χ4v) is 7.03. The Kier molecular flexibility index (Phi) is 5.87. The minimum Gasteiger partial charge on any atom is -0.264 e. The molecule has 0 saturated heterocycles. The highest BCUT2D eigenvalue weighted by molar-refractivity contribution is 7.92. The van der Waals surface area contributed by atoms with E-state index in [2.05, 4.69) is 9.71 Å². The van der Waals surface area contributed by atoms with Crippen molar-refractivity contribution in [1.82, 2.24) is 9.71 Å². The molecule has 1 N–H and O–H groups in total. The molecule has 162 valence electrons. The quantitative estimate of drug-likeness (QED) is 0.604. The minimum atomic E-state index is -4.12. The molecular formula is C21H18ClFN2O4S2. The van der Waals surface area contributed by atoms with Gasteiger partial charge in [-0.15, -0.1) is 0 Å². The van der Waals surface area contributed by atoms with Crippen molar-refractivity contribution >= 4 is 31.5 Å². The third-order valence-electron chi connectivity index (χ3n) is 5.10. The summed E-state index contributed by atoms with van der Waals surface area (Å²) in [5.74, 6) is -0.676. The maximum absolute atomic E-state index is 13.8. The molecule has 0 unspecified atom stereocenters. The summed E-state index contributed by atoms with van der Waals surface area (Å²) in [5, 5.41) is -0.0695. The molecule has 0 saturated carbocycles. The number of benzene rings is 2. The van der Waals surface area contributed by atoms with E-state index in [0.29, 0.717) is 30.4 Å². The van der Waals surface area contributed by atoms with E-state index in [1.165, 1.54) is 18.2 Å². The maximum Gasteiger partial charge on any atom is 0.242 e. The number of nitrogens with zero attached hydrogens (tertiary/aromatic N) is 1. The van der Waals surface area contributed by atoms with Crippen LogP contribution in [0, 0.1) is 5.82 Å². The van der Waals surface area contributed by atoms with Crippen LogP contribution in [0.5, 0.6) is 0 Å². The Labute approximate surface area is 185 Å². The molecule has 0 amide bonds. The van der Waals surface area contributed by atoms with Crippen LogP contribution in [-0.4, -0.2) is 28.4 Å². The molecule has 2 heterocycles. The smallest absolute Gasteiger partial charge is 0.242 e. The van der Waals surface area contributed by atoms with Crippen LogP contribution >= 0.6 is 11.6 Å². The number of rotatable bonds is 5. The number of hydrogen-bond acceptors (Lipinski definition) is 5. The fraction of sp³-hybridized carbons (Fsp3) is 0.190. The van der Waals surface area contributed by atoms with Crippen LogP contribution < -0.4 is 4.72 Å². The SMILES string of the molecule is O=S(=O)(NCCc1cccnc1)c1cc2c(cc1Cl)CCc1ccc(F)cc1S2(=O)=O. The highest BCUT2D eigenvalue weighted by Crippen LogP contribution is 2.36. The molecule has 0 fully saturated rings. The summed E-state index contributed by atoms with van der Waals surface area (Å²) < 4.78 is 68.4. The van der Waals surface area contributed by atoms with Crippen molar-refractivity contribution in [3.05, 3.63) is 82.4 Å². The summed E-state index contributed by atoms with van der Waals surface area (Å²) in [7, 11) is -8.21. The van der Waals surface area contributed by atoms with Crippen LogP contribution in [0.2, 0.25) is 5.02 Å². The summed E-state index contributed by atoms with van der Waals surface area (Å²) >= 11 is 6.24. The van der Waals surface area contributed by atoms with Gasteiger partial charge in [-0.1, -0.05) is 23.7 Å². The predicted octanol–water partition coefficient (Wildman–Crippen LogP) is 3.33. The first-order chi connectivity index (χ1) is 14.7. The van der Waals surface area contributed by atoms with Crippen molar-refractivity contribution in [2.45, 2.75) is 33.9 Å². The molecule has 1 aromatic heterocycles. The number of sulfone groups is 1. The van der Waals surface area contributed by atoms with E-state index in [0.717, 1.165) is 17.7 Å². The van der Waals surface area contributed by atoms with Gasteiger partial charge in [0.1, 0.15) is 10.7 Å². The second-order valence-corrected chi connectivity index (χ2v) is 11.2. The molecule has 6 nitrogen and oxygen atoms in total. The summed E-state index contributed by atoms with van der Waals surface area (Å²) in [6.07, 6.45) is 4.36. The van der Waals surface area contributed by atoms with Gasteiger partial charge in [-0.25, -0.2) is 25.9 Å². The largest absolute Gasteiger partial charge is 0.264 e. The lowest BCUT2D eigenvalue weighted by molar-refractivity contribution is 0.581. The van der Waals surface area contributed by atoms with E-state index in [1.54, 1.807) is 18.5 Å². The predicted molar refractivity (Wildman–Crippen MR) is 114 cm³/mol. The molecule has 1 aliphatic heterocycles. The Morgan fingerprint density at radius 1 is 1.06 bits per heavy atom. The average molecular weight is 481 g/mol. The molecule has 4 rings (SSSR count). The van der Waals surface area contributed by atoms with E-state index >= 15 is 0 Å². The number of pyridine rings is 1. The number of halogens is 2. The zero-order valence-corrected chi connectivity index (χ0v) is 18.6. The maximum atomic E-state index is 13.8. The van der Waals surface area contributed by atoms with E-state index < -0.39 is 25.7 Å². The number of sulfonamides is 1. The number of fused-ring (bicyclic) bond motifs is 2. The van der Waals surface area contributed by atoms with Crippen LogP contribution in [0.4, 0.5) is 4.39 Å². The van der Waals surface area contributed by atoms with Crippen LogP contribution in [0.1, 0.15) is 16.7 Å². The van der Waals surface area contributed by atoms with Crippen molar-refractivity contribution in [2.24, 2.45) is 0 Å². The van der Waals surface area contributed by atoms with Crippen molar-refractivity contribution < 1.29 is 21.2 Å². The Balaban J connectivity index is 1.70. The first-order valence-corrected chi connectivity index (χ1v) is 12.8. The van der Waals surface area contributed by atoms with Gasteiger partial charge in [0.15, 0.2) is 0 Å². The molecule has 31 heavy (non-hydrogen) atoms. The molecular weight excluding hydrogens is 463 g/mol. The van der Waals surface area contributed by atoms with E-state index in [-0.39, 0.29) is 26.3 Å². The Morgan fingerprint density at radius 2 is 1.81 bits per heavy atom. The van der Waals surface area contributed by atoms with Crippen LogP contribution in [0.25, 0.3) is 0 Å². The highest BCUT2D eigenvalue weighted by Gasteiger charge is 2.31. The number of hydrogen-bond donors (Lipinski definition) is 1. The Hall–Kier alpha value is -2.33. The Bertz CT molecular complexity index is 1360. The molecule has 0 bridgehead atoms. The van der Waals surface area contributed by atoms with Gasteiger partial charge in [-0.3, -0.25) is 4.98 Å². The number of nitrogens with one attached hydrogen (secondary N) is 1. The summed E-state index contributed by atoms with van der Waals surface area (Å²) in [6, 6.07) is 9.62.